The van der Waals surface area contributed by atoms with Gasteiger partial charge in [-0.15, -0.1) is 0 Å². The second-order valence-corrected chi connectivity index (χ2v) is 7.18. The van der Waals surface area contributed by atoms with E-state index in [1.54, 1.807) is 26.4 Å². The number of thioether (sulfide) groups is 1. The minimum Gasteiger partial charge on any atom is -0.493 e. The average molecular weight is 402 g/mol. The Labute approximate surface area is 167 Å². The third kappa shape index (κ3) is 3.79. The molecular weight excluding hydrogens is 382 g/mol. The van der Waals surface area contributed by atoms with E-state index in [-0.39, 0.29) is 5.91 Å². The summed E-state index contributed by atoms with van der Waals surface area (Å²) in [5.41, 5.74) is 1.39. The summed E-state index contributed by atoms with van der Waals surface area (Å²) in [5.74, 6) is 1.60. The molecule has 1 saturated heterocycles. The van der Waals surface area contributed by atoms with E-state index >= 15 is 0 Å². The van der Waals surface area contributed by atoms with Crippen molar-refractivity contribution < 1.29 is 19.0 Å². The summed E-state index contributed by atoms with van der Waals surface area (Å²) in [4.78, 5) is 15.1. The van der Waals surface area contributed by atoms with E-state index in [1.807, 2.05) is 43.3 Å². The van der Waals surface area contributed by atoms with Crippen molar-refractivity contribution >= 4 is 46.0 Å². The molecule has 0 unspecified atom stereocenters. The molecule has 2 aromatic carbocycles. The van der Waals surface area contributed by atoms with Crippen LogP contribution in [-0.4, -0.2) is 31.1 Å². The molecule has 0 spiro atoms. The molecule has 1 aliphatic heterocycles. The monoisotopic (exact) mass is 401 g/mol. The first-order valence-electron chi connectivity index (χ1n) is 8.31. The lowest BCUT2D eigenvalue weighted by atomic mass is 10.1. The minimum absolute atomic E-state index is 0.193. The van der Waals surface area contributed by atoms with Gasteiger partial charge in [0, 0.05) is 5.56 Å². The highest BCUT2D eigenvalue weighted by molar-refractivity contribution is 8.27. The fourth-order valence-electron chi connectivity index (χ4n) is 2.76. The molecule has 0 radical (unpaired) electrons. The number of amides is 1. The molecule has 140 valence electrons. The number of nitrogens with zero attached hydrogens (tertiary/aromatic N) is 1. The van der Waals surface area contributed by atoms with Crippen LogP contribution in [0.1, 0.15) is 12.5 Å². The number of ether oxygens (including phenoxy) is 3. The van der Waals surface area contributed by atoms with Gasteiger partial charge in [0.25, 0.3) is 5.91 Å². The van der Waals surface area contributed by atoms with Gasteiger partial charge in [-0.05, 0) is 31.2 Å². The van der Waals surface area contributed by atoms with E-state index in [2.05, 4.69) is 0 Å². The zero-order valence-corrected chi connectivity index (χ0v) is 16.9. The number of methoxy groups -OCH3 is 2. The number of hydrogen-bond acceptors (Lipinski definition) is 6. The van der Waals surface area contributed by atoms with Gasteiger partial charge in [0.2, 0.25) is 0 Å². The minimum atomic E-state index is -0.193. The van der Waals surface area contributed by atoms with Gasteiger partial charge in [-0.25, -0.2) is 0 Å². The van der Waals surface area contributed by atoms with Crippen molar-refractivity contribution in [1.82, 2.24) is 0 Å². The van der Waals surface area contributed by atoms with Gasteiger partial charge in [-0.3, -0.25) is 9.69 Å². The van der Waals surface area contributed by atoms with Crippen LogP contribution in [0.5, 0.6) is 17.2 Å². The van der Waals surface area contributed by atoms with Gasteiger partial charge in [0.1, 0.15) is 5.75 Å². The van der Waals surface area contributed by atoms with Crippen LogP contribution >= 0.6 is 24.0 Å². The molecule has 1 heterocycles. The van der Waals surface area contributed by atoms with E-state index in [9.17, 15) is 4.79 Å². The Bertz CT molecular complexity index is 911. The highest BCUT2D eigenvalue weighted by Crippen LogP contribution is 2.41. The smallest absolute Gasteiger partial charge is 0.270 e. The van der Waals surface area contributed by atoms with Crippen molar-refractivity contribution in [2.45, 2.75) is 6.92 Å². The largest absolute Gasteiger partial charge is 0.493 e. The summed E-state index contributed by atoms with van der Waals surface area (Å²) in [7, 11) is 3.14. The van der Waals surface area contributed by atoms with Crippen molar-refractivity contribution in [3.63, 3.8) is 0 Å². The summed E-state index contributed by atoms with van der Waals surface area (Å²) in [5, 5.41) is 0. The van der Waals surface area contributed by atoms with Crippen molar-refractivity contribution in [1.29, 1.82) is 0 Å². The van der Waals surface area contributed by atoms with Crippen molar-refractivity contribution in [3.05, 3.63) is 52.9 Å². The molecule has 1 aliphatic rings. The zero-order valence-electron chi connectivity index (χ0n) is 15.2. The normalized spacial score (nSPS) is 15.4. The Balaban J connectivity index is 1.99. The number of thiocarbonyl (C=S) groups is 1. The second-order valence-electron chi connectivity index (χ2n) is 5.50. The van der Waals surface area contributed by atoms with Gasteiger partial charge in [0.15, 0.2) is 15.8 Å². The van der Waals surface area contributed by atoms with Crippen molar-refractivity contribution in [2.75, 3.05) is 25.7 Å². The second kappa shape index (κ2) is 8.45. The van der Waals surface area contributed by atoms with Gasteiger partial charge in [-0.1, -0.05) is 48.2 Å². The molecule has 1 amide bonds. The van der Waals surface area contributed by atoms with E-state index in [1.165, 1.54) is 16.7 Å². The molecule has 0 aromatic heterocycles. The standard InChI is InChI=1S/C20H19NO4S2/c1-4-25-15-10-6-5-9-14(15)21-19(22)17(27-20(21)26)12-13-8-7-11-16(23-2)18(13)24-3/h5-12H,4H2,1-3H3/b17-12-. The summed E-state index contributed by atoms with van der Waals surface area (Å²) >= 11 is 6.71. The molecule has 1 fully saturated rings. The zero-order chi connectivity index (χ0) is 19.4. The molecule has 2 aromatic rings. The molecule has 0 bridgehead atoms. The van der Waals surface area contributed by atoms with Crippen LogP contribution in [0.15, 0.2) is 47.4 Å². The first kappa shape index (κ1) is 19.3. The topological polar surface area (TPSA) is 48.0 Å². The quantitative estimate of drug-likeness (QED) is 0.524. The Morgan fingerprint density at radius 3 is 2.52 bits per heavy atom. The predicted octanol–water partition coefficient (Wildman–Crippen LogP) is 4.51. The molecule has 5 nitrogen and oxygen atoms in total. The van der Waals surface area contributed by atoms with E-state index in [0.717, 1.165) is 5.56 Å². The number of carbonyl (C=O) groups is 1. The molecule has 0 saturated carbocycles. The maximum atomic E-state index is 13.1. The fraction of sp³-hybridized carbons (Fsp3) is 0.200. The lowest BCUT2D eigenvalue weighted by Gasteiger charge is -2.18. The summed E-state index contributed by atoms with van der Waals surface area (Å²) in [6.45, 7) is 2.40. The first-order valence-corrected chi connectivity index (χ1v) is 9.54. The van der Waals surface area contributed by atoms with Gasteiger partial charge < -0.3 is 14.2 Å². The van der Waals surface area contributed by atoms with Crippen LogP contribution in [0, 0.1) is 0 Å². The number of rotatable bonds is 6. The summed E-state index contributed by atoms with van der Waals surface area (Å²) in [6, 6.07) is 12.9. The summed E-state index contributed by atoms with van der Waals surface area (Å²) in [6.07, 6.45) is 1.77. The Kier molecular flexibility index (Phi) is 6.03. The molecule has 0 atom stereocenters. The van der Waals surface area contributed by atoms with Crippen molar-refractivity contribution in [3.8, 4) is 17.2 Å². The van der Waals surface area contributed by atoms with Crippen LogP contribution < -0.4 is 19.1 Å². The van der Waals surface area contributed by atoms with Crippen LogP contribution in [0.4, 0.5) is 5.69 Å². The Hall–Kier alpha value is -2.51. The fourth-order valence-corrected chi connectivity index (χ4v) is 4.04. The Morgan fingerprint density at radius 1 is 1.07 bits per heavy atom. The van der Waals surface area contributed by atoms with Gasteiger partial charge in [-0.2, -0.15) is 0 Å². The van der Waals surface area contributed by atoms with E-state index in [4.69, 9.17) is 26.4 Å². The average Bonchev–Trinajstić information content (AvgIpc) is 2.95. The number of anilines is 1. The predicted molar refractivity (Wildman–Crippen MR) is 113 cm³/mol. The molecule has 0 aliphatic carbocycles. The lowest BCUT2D eigenvalue weighted by Crippen LogP contribution is -2.28. The number of hydrogen-bond donors (Lipinski definition) is 0. The molecule has 27 heavy (non-hydrogen) atoms. The molecule has 3 rings (SSSR count). The third-order valence-electron chi connectivity index (χ3n) is 3.92. The van der Waals surface area contributed by atoms with Gasteiger partial charge >= 0.3 is 0 Å². The van der Waals surface area contributed by atoms with Gasteiger partial charge in [0.05, 0.1) is 31.4 Å². The van der Waals surface area contributed by atoms with Crippen LogP contribution in [-0.2, 0) is 4.79 Å². The van der Waals surface area contributed by atoms with E-state index < -0.39 is 0 Å². The van der Waals surface area contributed by atoms with Crippen LogP contribution in [0.3, 0.4) is 0 Å². The first-order chi connectivity index (χ1) is 13.1. The Morgan fingerprint density at radius 2 is 1.81 bits per heavy atom. The lowest BCUT2D eigenvalue weighted by molar-refractivity contribution is -0.113. The highest BCUT2D eigenvalue weighted by Gasteiger charge is 2.35. The van der Waals surface area contributed by atoms with Crippen LogP contribution in [0.25, 0.3) is 6.08 Å². The molecule has 7 heteroatoms. The maximum Gasteiger partial charge on any atom is 0.270 e. The number of carbonyl (C=O) groups excluding carboxylic acids is 1. The molecule has 0 N–H and O–H groups in total. The summed E-state index contributed by atoms with van der Waals surface area (Å²) < 4.78 is 16.9. The number of benzene rings is 2. The third-order valence-corrected chi connectivity index (χ3v) is 5.22. The SMILES string of the molecule is CCOc1ccccc1N1C(=O)/C(=C/c2cccc(OC)c2OC)SC1=S. The maximum absolute atomic E-state index is 13.1. The number of para-hydroxylation sites is 3. The van der Waals surface area contributed by atoms with E-state index in [0.29, 0.717) is 38.8 Å². The molecular formula is C20H19NO4S2. The van der Waals surface area contributed by atoms with Crippen molar-refractivity contribution in [2.24, 2.45) is 0 Å². The van der Waals surface area contributed by atoms with Crippen LogP contribution in [0.2, 0.25) is 0 Å². The highest BCUT2D eigenvalue weighted by atomic mass is 32.2.